The van der Waals surface area contributed by atoms with Crippen molar-refractivity contribution in [3.05, 3.63) is 24.0 Å². The Balaban J connectivity index is 1.68. The summed E-state index contributed by atoms with van der Waals surface area (Å²) in [7, 11) is 0. The molecule has 7 nitrogen and oxygen atoms in total. The van der Waals surface area contributed by atoms with E-state index in [-0.39, 0.29) is 11.9 Å². The predicted molar refractivity (Wildman–Crippen MR) is 97.8 cm³/mol. The molecule has 140 valence electrons. The Kier molecular flexibility index (Phi) is 5.54. The third kappa shape index (κ3) is 3.86. The van der Waals surface area contributed by atoms with Gasteiger partial charge in [-0.15, -0.1) is 0 Å². The Labute approximate surface area is 153 Å². The Morgan fingerprint density at radius 2 is 1.77 bits per heavy atom. The lowest BCUT2D eigenvalue weighted by Crippen LogP contribution is -2.40. The molecule has 0 aromatic carbocycles. The summed E-state index contributed by atoms with van der Waals surface area (Å²) in [5, 5.41) is 5.07. The number of amides is 1. The molecular weight excluding hydrogens is 332 g/mol. The van der Waals surface area contributed by atoms with Crippen LogP contribution in [-0.4, -0.2) is 50.7 Å². The molecule has 1 saturated heterocycles. The van der Waals surface area contributed by atoms with Crippen LogP contribution in [0.15, 0.2) is 18.5 Å². The molecule has 1 amide bonds. The molecule has 26 heavy (non-hydrogen) atoms. The maximum Gasteiger partial charge on any atom is 0.340 e. The van der Waals surface area contributed by atoms with Crippen molar-refractivity contribution in [3.63, 3.8) is 0 Å². The monoisotopic (exact) mass is 358 g/mol. The van der Waals surface area contributed by atoms with Gasteiger partial charge in [0.15, 0.2) is 11.8 Å². The zero-order chi connectivity index (χ0) is 18.7. The summed E-state index contributed by atoms with van der Waals surface area (Å²) >= 11 is 0. The van der Waals surface area contributed by atoms with E-state index < -0.39 is 12.1 Å². The Hall–Kier alpha value is -2.44. The number of nitrogens with zero attached hydrogens (tertiary/aromatic N) is 4. The lowest BCUT2D eigenvalue weighted by atomic mass is 10.2. The van der Waals surface area contributed by atoms with Crippen LogP contribution in [0.3, 0.4) is 0 Å². The summed E-state index contributed by atoms with van der Waals surface area (Å²) in [5.74, 6) is -0.658. The summed E-state index contributed by atoms with van der Waals surface area (Å²) in [5.41, 5.74) is 1.06. The van der Waals surface area contributed by atoms with Gasteiger partial charge < -0.3 is 9.64 Å². The van der Waals surface area contributed by atoms with Crippen LogP contribution in [0.25, 0.3) is 11.0 Å². The Bertz CT molecular complexity index is 791. The number of rotatable bonds is 4. The van der Waals surface area contributed by atoms with E-state index in [1.807, 2.05) is 13.8 Å². The van der Waals surface area contributed by atoms with Crippen molar-refractivity contribution < 1.29 is 14.3 Å². The number of likely N-dealkylation sites (tertiary alicyclic amines) is 1. The highest BCUT2D eigenvalue weighted by molar-refractivity contribution is 5.94. The number of carbonyl (C=O) groups excluding carboxylic acids is 2. The summed E-state index contributed by atoms with van der Waals surface area (Å²) in [6.07, 6.45) is 6.68. The van der Waals surface area contributed by atoms with E-state index in [2.05, 4.69) is 10.1 Å². The molecule has 0 N–H and O–H groups in total. The van der Waals surface area contributed by atoms with Crippen LogP contribution >= 0.6 is 0 Å². The van der Waals surface area contributed by atoms with E-state index in [1.165, 1.54) is 6.20 Å². The van der Waals surface area contributed by atoms with Gasteiger partial charge in [0.1, 0.15) is 0 Å². The first-order valence-corrected chi connectivity index (χ1v) is 9.30. The van der Waals surface area contributed by atoms with Crippen molar-refractivity contribution in [2.45, 2.75) is 58.6 Å². The number of aromatic nitrogens is 3. The van der Waals surface area contributed by atoms with Crippen LogP contribution in [-0.2, 0) is 9.53 Å². The van der Waals surface area contributed by atoms with Gasteiger partial charge in [-0.25, -0.2) is 14.5 Å². The molecule has 1 unspecified atom stereocenters. The van der Waals surface area contributed by atoms with Gasteiger partial charge in [-0.1, -0.05) is 12.8 Å². The van der Waals surface area contributed by atoms with Gasteiger partial charge in [0.2, 0.25) is 0 Å². The largest absolute Gasteiger partial charge is 0.449 e. The second-order valence-electron chi connectivity index (χ2n) is 7.11. The first-order valence-electron chi connectivity index (χ1n) is 9.30. The molecule has 0 saturated carbocycles. The first-order chi connectivity index (χ1) is 12.5. The van der Waals surface area contributed by atoms with Crippen LogP contribution in [0, 0.1) is 0 Å². The molecule has 2 aromatic rings. The number of ether oxygens (including phenoxy) is 1. The van der Waals surface area contributed by atoms with E-state index in [4.69, 9.17) is 4.74 Å². The number of fused-ring (bicyclic) bond motifs is 1. The van der Waals surface area contributed by atoms with Gasteiger partial charge in [-0.05, 0) is 39.7 Å². The maximum atomic E-state index is 12.5. The molecule has 1 fully saturated rings. The summed E-state index contributed by atoms with van der Waals surface area (Å²) in [6, 6.07) is 1.89. The van der Waals surface area contributed by atoms with Crippen LogP contribution in [0.5, 0.6) is 0 Å². The quantitative estimate of drug-likeness (QED) is 0.785. The van der Waals surface area contributed by atoms with Crippen LogP contribution in [0.1, 0.15) is 62.9 Å². The SMILES string of the molecule is CC(OC(=O)c1cnc2c(cnn2C(C)C)c1)C(=O)N1CCCCCC1. The molecule has 0 radical (unpaired) electrons. The predicted octanol–water partition coefficient (Wildman–Crippen LogP) is 2.96. The van der Waals surface area contributed by atoms with E-state index in [1.54, 1.807) is 28.8 Å². The average molecular weight is 358 g/mol. The minimum atomic E-state index is -0.797. The molecule has 0 bridgehead atoms. The molecule has 2 aromatic heterocycles. The molecule has 1 atom stereocenters. The van der Waals surface area contributed by atoms with Crippen molar-refractivity contribution in [2.24, 2.45) is 0 Å². The van der Waals surface area contributed by atoms with Crippen LogP contribution < -0.4 is 0 Å². The minimum Gasteiger partial charge on any atom is -0.449 e. The lowest BCUT2D eigenvalue weighted by molar-refractivity contribution is -0.139. The minimum absolute atomic E-state index is 0.123. The number of hydrogen-bond donors (Lipinski definition) is 0. The van der Waals surface area contributed by atoms with Gasteiger partial charge in [0.05, 0.1) is 11.8 Å². The van der Waals surface area contributed by atoms with Crippen LogP contribution in [0.4, 0.5) is 0 Å². The molecule has 7 heteroatoms. The number of pyridine rings is 1. The van der Waals surface area contributed by atoms with Gasteiger partial charge in [0.25, 0.3) is 5.91 Å². The fourth-order valence-corrected chi connectivity index (χ4v) is 3.26. The van der Waals surface area contributed by atoms with E-state index in [0.29, 0.717) is 5.56 Å². The van der Waals surface area contributed by atoms with E-state index in [0.717, 1.165) is 49.8 Å². The number of carbonyl (C=O) groups is 2. The van der Waals surface area contributed by atoms with Crippen LogP contribution in [0.2, 0.25) is 0 Å². The Morgan fingerprint density at radius 3 is 2.42 bits per heavy atom. The average Bonchev–Trinajstić information content (AvgIpc) is 2.86. The summed E-state index contributed by atoms with van der Waals surface area (Å²) in [6.45, 7) is 7.15. The second kappa shape index (κ2) is 7.85. The third-order valence-corrected chi connectivity index (χ3v) is 4.71. The third-order valence-electron chi connectivity index (χ3n) is 4.71. The van der Waals surface area contributed by atoms with Crippen molar-refractivity contribution in [3.8, 4) is 0 Å². The van der Waals surface area contributed by atoms with Crippen molar-refractivity contribution in [2.75, 3.05) is 13.1 Å². The van der Waals surface area contributed by atoms with Gasteiger partial charge in [0, 0.05) is 30.7 Å². The van der Waals surface area contributed by atoms with Crippen molar-refractivity contribution >= 4 is 22.9 Å². The molecule has 3 rings (SSSR count). The molecule has 1 aliphatic heterocycles. The highest BCUT2D eigenvalue weighted by atomic mass is 16.5. The zero-order valence-electron chi connectivity index (χ0n) is 15.6. The molecule has 1 aliphatic rings. The zero-order valence-corrected chi connectivity index (χ0v) is 15.6. The maximum absolute atomic E-state index is 12.5. The summed E-state index contributed by atoms with van der Waals surface area (Å²) in [4.78, 5) is 31.1. The standard InChI is InChI=1S/C19H26N4O3/c1-13(2)23-17-15(12-21-23)10-16(11-20-17)19(25)26-14(3)18(24)22-8-6-4-5-7-9-22/h10-14H,4-9H2,1-3H3. The number of hydrogen-bond acceptors (Lipinski definition) is 5. The second-order valence-corrected chi connectivity index (χ2v) is 7.11. The molecular formula is C19H26N4O3. The van der Waals surface area contributed by atoms with E-state index in [9.17, 15) is 9.59 Å². The molecule has 0 spiro atoms. The van der Waals surface area contributed by atoms with Gasteiger partial charge >= 0.3 is 5.97 Å². The highest BCUT2D eigenvalue weighted by Gasteiger charge is 2.25. The Morgan fingerprint density at radius 1 is 1.08 bits per heavy atom. The fourth-order valence-electron chi connectivity index (χ4n) is 3.26. The molecule has 3 heterocycles. The normalized spacial score (nSPS) is 16.5. The lowest BCUT2D eigenvalue weighted by Gasteiger charge is -2.23. The smallest absolute Gasteiger partial charge is 0.340 e. The van der Waals surface area contributed by atoms with Gasteiger partial charge in [-0.3, -0.25) is 4.79 Å². The van der Waals surface area contributed by atoms with Gasteiger partial charge in [-0.2, -0.15) is 5.10 Å². The highest BCUT2D eigenvalue weighted by Crippen LogP contribution is 2.18. The summed E-state index contributed by atoms with van der Waals surface area (Å²) < 4.78 is 7.20. The van der Waals surface area contributed by atoms with E-state index >= 15 is 0 Å². The molecule has 0 aliphatic carbocycles. The topological polar surface area (TPSA) is 77.3 Å². The first kappa shape index (κ1) is 18.4. The number of esters is 1. The van der Waals surface area contributed by atoms with Crippen molar-refractivity contribution in [1.82, 2.24) is 19.7 Å². The fraction of sp³-hybridized carbons (Fsp3) is 0.579. The van der Waals surface area contributed by atoms with Crippen molar-refractivity contribution in [1.29, 1.82) is 0 Å².